The highest BCUT2D eigenvalue weighted by Crippen LogP contribution is 2.32. The number of rotatable bonds is 0. The summed E-state index contributed by atoms with van der Waals surface area (Å²) >= 11 is 1.87. The highest BCUT2D eigenvalue weighted by molar-refractivity contribution is 8.00. The Labute approximate surface area is 82.7 Å². The van der Waals surface area contributed by atoms with Crippen LogP contribution in [0.3, 0.4) is 0 Å². The smallest absolute Gasteiger partial charge is 0.0765 e. The fraction of sp³-hybridized carbons (Fsp3) is 0.222. The van der Waals surface area contributed by atoms with Crippen LogP contribution in [0, 0.1) is 0 Å². The first-order chi connectivity index (χ1) is 5.36. The Morgan fingerprint density at radius 2 is 2.08 bits per heavy atom. The maximum Gasteiger partial charge on any atom is 0.0765 e. The number of thioether (sulfide) groups is 1. The molecule has 0 saturated carbocycles. The summed E-state index contributed by atoms with van der Waals surface area (Å²) in [6.07, 6.45) is 0. The summed E-state index contributed by atoms with van der Waals surface area (Å²) in [5.41, 5.74) is 2.34. The molecule has 0 spiro atoms. The van der Waals surface area contributed by atoms with Crippen LogP contribution in [0.5, 0.6) is 0 Å². The predicted molar refractivity (Wildman–Crippen MR) is 57.2 cm³/mol. The molecule has 0 aliphatic carbocycles. The first kappa shape index (κ1) is 9.62. The zero-order chi connectivity index (χ0) is 7.68. The van der Waals surface area contributed by atoms with Gasteiger partial charge in [-0.2, -0.15) is 0 Å². The Hall–Kier alpha value is -0.470. The van der Waals surface area contributed by atoms with Gasteiger partial charge < -0.3 is 0 Å². The molecule has 0 N–H and O–H groups in total. The lowest BCUT2D eigenvalue weighted by molar-refractivity contribution is 1.34. The molecule has 0 unspecified atom stereocenters. The lowest BCUT2D eigenvalue weighted by Gasteiger charge is -2.11. The Morgan fingerprint density at radius 1 is 1.33 bits per heavy atom. The Bertz CT molecular complexity index is 309. The molecule has 1 aromatic carbocycles. The second-order valence-corrected chi connectivity index (χ2v) is 3.62. The lowest BCUT2D eigenvalue weighted by atomic mass is 10.3. The van der Waals surface area contributed by atoms with E-state index < -0.39 is 0 Å². The van der Waals surface area contributed by atoms with Crippen LogP contribution in [0.1, 0.15) is 6.92 Å². The van der Waals surface area contributed by atoms with Gasteiger partial charge in [0.2, 0.25) is 0 Å². The highest BCUT2D eigenvalue weighted by atomic mass is 35.5. The van der Waals surface area contributed by atoms with Crippen LogP contribution in [0.2, 0.25) is 0 Å². The lowest BCUT2D eigenvalue weighted by Crippen LogP contribution is -1.98. The molecular weight excluding hydrogens is 190 g/mol. The first-order valence-corrected chi connectivity index (χ1v) is 4.61. The van der Waals surface area contributed by atoms with Crippen LogP contribution in [0.15, 0.2) is 34.2 Å². The van der Waals surface area contributed by atoms with Crippen molar-refractivity contribution >= 4 is 35.6 Å². The van der Waals surface area contributed by atoms with Gasteiger partial charge in [0, 0.05) is 16.4 Å². The topological polar surface area (TPSA) is 12.4 Å². The standard InChI is InChI=1S/C9H9NS.ClH/c1-7-6-11-9-5-3-2-4-8(9)10-7;/h2-5H,6H2,1H3;1H. The molecule has 0 bridgehead atoms. The molecule has 0 aromatic heterocycles. The van der Waals surface area contributed by atoms with E-state index in [1.165, 1.54) is 10.6 Å². The molecule has 1 aliphatic rings. The largest absolute Gasteiger partial charge is 0.256 e. The van der Waals surface area contributed by atoms with Crippen molar-refractivity contribution in [1.82, 2.24) is 0 Å². The number of halogens is 1. The quantitative estimate of drug-likeness (QED) is 0.625. The zero-order valence-corrected chi connectivity index (χ0v) is 8.41. The summed E-state index contributed by atoms with van der Waals surface area (Å²) in [7, 11) is 0. The second-order valence-electron chi connectivity index (χ2n) is 2.60. The van der Waals surface area contributed by atoms with Gasteiger partial charge in [0.05, 0.1) is 5.69 Å². The summed E-state index contributed by atoms with van der Waals surface area (Å²) in [6.45, 7) is 2.07. The number of hydrogen-bond donors (Lipinski definition) is 0. The number of fused-ring (bicyclic) bond motifs is 1. The molecule has 2 rings (SSSR count). The van der Waals surface area contributed by atoms with Gasteiger partial charge in [0.1, 0.15) is 0 Å². The van der Waals surface area contributed by atoms with Crippen LogP contribution >= 0.6 is 24.2 Å². The van der Waals surface area contributed by atoms with E-state index in [1.54, 1.807) is 0 Å². The van der Waals surface area contributed by atoms with Gasteiger partial charge in [-0.1, -0.05) is 12.1 Å². The van der Waals surface area contributed by atoms with Crippen LogP contribution in [0.25, 0.3) is 0 Å². The summed E-state index contributed by atoms with van der Waals surface area (Å²) in [4.78, 5) is 5.75. The Balaban J connectivity index is 0.000000720. The van der Waals surface area contributed by atoms with Crippen LogP contribution < -0.4 is 0 Å². The van der Waals surface area contributed by atoms with Crippen molar-refractivity contribution < 1.29 is 0 Å². The van der Waals surface area contributed by atoms with Crippen molar-refractivity contribution in [2.45, 2.75) is 11.8 Å². The van der Waals surface area contributed by atoms with E-state index in [0.717, 1.165) is 11.4 Å². The minimum absolute atomic E-state index is 0. The minimum Gasteiger partial charge on any atom is -0.256 e. The molecule has 1 aliphatic heterocycles. The monoisotopic (exact) mass is 199 g/mol. The zero-order valence-electron chi connectivity index (χ0n) is 6.78. The summed E-state index contributed by atoms with van der Waals surface area (Å²) in [5, 5.41) is 0. The van der Waals surface area contributed by atoms with Gasteiger partial charge in [0.25, 0.3) is 0 Å². The predicted octanol–water partition coefficient (Wildman–Crippen LogP) is 3.31. The van der Waals surface area contributed by atoms with Crippen molar-refractivity contribution in [2.24, 2.45) is 4.99 Å². The second kappa shape index (κ2) is 3.97. The molecule has 3 heteroatoms. The third-order valence-electron chi connectivity index (χ3n) is 1.61. The number of para-hydroxylation sites is 1. The molecule has 0 saturated heterocycles. The summed E-state index contributed by atoms with van der Waals surface area (Å²) < 4.78 is 0. The molecular formula is C9H10ClNS. The number of aliphatic imine (C=N–C) groups is 1. The molecule has 0 radical (unpaired) electrons. The Morgan fingerprint density at radius 3 is 2.92 bits per heavy atom. The molecule has 1 aromatic rings. The molecule has 12 heavy (non-hydrogen) atoms. The number of benzene rings is 1. The molecule has 0 fully saturated rings. The van der Waals surface area contributed by atoms with Crippen molar-refractivity contribution in [3.05, 3.63) is 24.3 Å². The van der Waals surface area contributed by atoms with Crippen molar-refractivity contribution in [1.29, 1.82) is 0 Å². The Kier molecular flexibility index (Phi) is 3.18. The van der Waals surface area contributed by atoms with Gasteiger partial charge in [-0.05, 0) is 19.1 Å². The number of nitrogens with zero attached hydrogens (tertiary/aromatic N) is 1. The normalized spacial score (nSPS) is 14.2. The van der Waals surface area contributed by atoms with E-state index in [4.69, 9.17) is 0 Å². The minimum atomic E-state index is 0. The SMILES string of the molecule is CC1=Nc2ccccc2SC1.Cl. The van der Waals surface area contributed by atoms with Crippen molar-refractivity contribution in [3.63, 3.8) is 0 Å². The number of hydrogen-bond acceptors (Lipinski definition) is 2. The van der Waals surface area contributed by atoms with E-state index >= 15 is 0 Å². The van der Waals surface area contributed by atoms with E-state index in [9.17, 15) is 0 Å². The fourth-order valence-electron chi connectivity index (χ4n) is 1.09. The van der Waals surface area contributed by atoms with Gasteiger partial charge in [0.15, 0.2) is 0 Å². The van der Waals surface area contributed by atoms with Crippen LogP contribution in [-0.4, -0.2) is 11.5 Å². The summed E-state index contributed by atoms with van der Waals surface area (Å²) in [5.74, 6) is 1.04. The third-order valence-corrected chi connectivity index (χ3v) is 2.83. The molecule has 0 atom stereocenters. The maximum atomic E-state index is 4.44. The van der Waals surface area contributed by atoms with E-state index in [0.29, 0.717) is 0 Å². The van der Waals surface area contributed by atoms with Gasteiger partial charge in [-0.3, -0.25) is 4.99 Å². The molecule has 1 nitrogen and oxygen atoms in total. The van der Waals surface area contributed by atoms with Gasteiger partial charge in [-0.25, -0.2) is 0 Å². The van der Waals surface area contributed by atoms with E-state index in [1.807, 2.05) is 17.8 Å². The van der Waals surface area contributed by atoms with Crippen molar-refractivity contribution in [2.75, 3.05) is 5.75 Å². The molecule has 0 amide bonds. The van der Waals surface area contributed by atoms with Crippen LogP contribution in [-0.2, 0) is 0 Å². The van der Waals surface area contributed by atoms with E-state index in [-0.39, 0.29) is 12.4 Å². The third kappa shape index (κ3) is 1.82. The summed E-state index contributed by atoms with van der Waals surface area (Å²) in [6, 6.07) is 8.27. The first-order valence-electron chi connectivity index (χ1n) is 3.62. The van der Waals surface area contributed by atoms with Gasteiger partial charge >= 0.3 is 0 Å². The van der Waals surface area contributed by atoms with Crippen LogP contribution in [0.4, 0.5) is 5.69 Å². The molecule has 1 heterocycles. The fourth-order valence-corrected chi connectivity index (χ4v) is 1.96. The van der Waals surface area contributed by atoms with Gasteiger partial charge in [-0.15, -0.1) is 24.2 Å². The van der Waals surface area contributed by atoms with Crippen molar-refractivity contribution in [3.8, 4) is 0 Å². The highest BCUT2D eigenvalue weighted by Gasteiger charge is 2.07. The maximum absolute atomic E-state index is 4.44. The average molecular weight is 200 g/mol. The molecule has 64 valence electrons. The van der Waals surface area contributed by atoms with E-state index in [2.05, 4.69) is 30.1 Å². The average Bonchev–Trinajstić information content (AvgIpc) is 2.04.